The van der Waals surface area contributed by atoms with Crippen LogP contribution in [0, 0.1) is 0 Å². The van der Waals surface area contributed by atoms with Gasteiger partial charge in [-0.05, 0) is 24.3 Å². The van der Waals surface area contributed by atoms with Gasteiger partial charge in [-0.15, -0.1) is 10.2 Å². The van der Waals surface area contributed by atoms with E-state index in [1.807, 2.05) is 0 Å². The zero-order valence-corrected chi connectivity index (χ0v) is 12.3. The van der Waals surface area contributed by atoms with Gasteiger partial charge in [0.25, 0.3) is 5.91 Å². The Labute approximate surface area is 122 Å². The SMILES string of the molecule is O=C(Nc1nnc(CCBr)s1)c1ccc(Cl)cc1. The first-order valence-corrected chi connectivity index (χ1v) is 7.46. The molecule has 0 fully saturated rings. The van der Waals surface area contributed by atoms with Crippen molar-refractivity contribution in [1.29, 1.82) is 0 Å². The summed E-state index contributed by atoms with van der Waals surface area (Å²) in [6.07, 6.45) is 0.800. The Morgan fingerprint density at radius 2 is 2.06 bits per heavy atom. The van der Waals surface area contributed by atoms with Crippen molar-refractivity contribution in [3.8, 4) is 0 Å². The summed E-state index contributed by atoms with van der Waals surface area (Å²) in [4.78, 5) is 11.9. The Bertz CT molecular complexity index is 543. The van der Waals surface area contributed by atoms with E-state index in [9.17, 15) is 4.79 Å². The lowest BCUT2D eigenvalue weighted by atomic mass is 10.2. The minimum absolute atomic E-state index is 0.215. The van der Waals surface area contributed by atoms with Gasteiger partial charge in [0.2, 0.25) is 5.13 Å². The van der Waals surface area contributed by atoms with Crippen LogP contribution < -0.4 is 5.32 Å². The van der Waals surface area contributed by atoms with E-state index in [2.05, 4.69) is 31.4 Å². The van der Waals surface area contributed by atoms with Gasteiger partial charge in [-0.25, -0.2) is 0 Å². The molecule has 0 unspecified atom stereocenters. The molecule has 94 valence electrons. The zero-order chi connectivity index (χ0) is 13.0. The van der Waals surface area contributed by atoms with E-state index >= 15 is 0 Å². The van der Waals surface area contributed by atoms with E-state index in [4.69, 9.17) is 11.6 Å². The molecule has 1 aromatic carbocycles. The van der Waals surface area contributed by atoms with Crippen molar-refractivity contribution in [1.82, 2.24) is 10.2 Å². The first-order chi connectivity index (χ1) is 8.69. The second-order valence-electron chi connectivity index (χ2n) is 3.40. The van der Waals surface area contributed by atoms with Gasteiger partial charge in [0, 0.05) is 22.3 Å². The highest BCUT2D eigenvalue weighted by atomic mass is 79.9. The summed E-state index contributed by atoms with van der Waals surface area (Å²) < 4.78 is 0. The Balaban J connectivity index is 2.04. The number of hydrogen-bond acceptors (Lipinski definition) is 4. The van der Waals surface area contributed by atoms with E-state index in [1.165, 1.54) is 11.3 Å². The van der Waals surface area contributed by atoms with Gasteiger partial charge in [-0.3, -0.25) is 10.1 Å². The minimum atomic E-state index is -0.215. The smallest absolute Gasteiger partial charge is 0.257 e. The van der Waals surface area contributed by atoms with Crippen LogP contribution in [0.3, 0.4) is 0 Å². The van der Waals surface area contributed by atoms with Crippen molar-refractivity contribution in [2.75, 3.05) is 10.6 Å². The molecule has 0 saturated heterocycles. The van der Waals surface area contributed by atoms with Crippen LogP contribution in [0.15, 0.2) is 24.3 Å². The highest BCUT2D eigenvalue weighted by Crippen LogP contribution is 2.17. The lowest BCUT2D eigenvalue weighted by molar-refractivity contribution is 0.102. The van der Waals surface area contributed by atoms with Gasteiger partial charge in [0.05, 0.1) is 0 Å². The Morgan fingerprint density at radius 1 is 1.33 bits per heavy atom. The number of aromatic nitrogens is 2. The molecule has 0 spiro atoms. The Kier molecular flexibility index (Phi) is 4.68. The zero-order valence-electron chi connectivity index (χ0n) is 9.19. The molecule has 0 saturated carbocycles. The van der Waals surface area contributed by atoms with E-state index in [0.29, 0.717) is 15.7 Å². The average Bonchev–Trinajstić information content (AvgIpc) is 2.78. The monoisotopic (exact) mass is 345 g/mol. The van der Waals surface area contributed by atoms with E-state index < -0.39 is 0 Å². The van der Waals surface area contributed by atoms with Crippen LogP contribution >= 0.6 is 38.9 Å². The normalized spacial score (nSPS) is 10.3. The molecule has 18 heavy (non-hydrogen) atoms. The second-order valence-corrected chi connectivity index (χ2v) is 5.69. The summed E-state index contributed by atoms with van der Waals surface area (Å²) in [5, 5.41) is 13.4. The van der Waals surface area contributed by atoms with Crippen molar-refractivity contribution in [3.05, 3.63) is 39.9 Å². The van der Waals surface area contributed by atoms with Crippen molar-refractivity contribution < 1.29 is 4.79 Å². The average molecular weight is 347 g/mol. The Morgan fingerprint density at radius 3 is 2.72 bits per heavy atom. The van der Waals surface area contributed by atoms with E-state index in [0.717, 1.165) is 16.8 Å². The second kappa shape index (κ2) is 6.26. The molecular formula is C11H9BrClN3OS. The van der Waals surface area contributed by atoms with Crippen LogP contribution in [0.2, 0.25) is 5.02 Å². The number of amides is 1. The number of carbonyl (C=O) groups is 1. The number of benzene rings is 1. The predicted octanol–water partition coefficient (Wildman–Crippen LogP) is 3.38. The topological polar surface area (TPSA) is 54.9 Å². The quantitative estimate of drug-likeness (QED) is 0.864. The molecule has 0 aliphatic rings. The number of aryl methyl sites for hydroxylation is 1. The maximum atomic E-state index is 11.9. The first-order valence-electron chi connectivity index (χ1n) is 5.14. The fraction of sp³-hybridized carbons (Fsp3) is 0.182. The lowest BCUT2D eigenvalue weighted by Crippen LogP contribution is -2.11. The molecule has 2 aromatic rings. The third kappa shape index (κ3) is 3.51. The van der Waals surface area contributed by atoms with Crippen molar-refractivity contribution in [2.45, 2.75) is 6.42 Å². The summed E-state index contributed by atoms with van der Waals surface area (Å²) in [7, 11) is 0. The van der Waals surface area contributed by atoms with Crippen molar-refractivity contribution in [3.63, 3.8) is 0 Å². The van der Waals surface area contributed by atoms with Crippen LogP contribution in [-0.4, -0.2) is 21.4 Å². The minimum Gasteiger partial charge on any atom is -0.296 e. The summed E-state index contributed by atoms with van der Waals surface area (Å²) in [6, 6.07) is 6.68. The number of carbonyl (C=O) groups excluding carboxylic acids is 1. The first kappa shape index (κ1) is 13.5. The molecule has 4 nitrogen and oxygen atoms in total. The summed E-state index contributed by atoms with van der Waals surface area (Å²) in [5.74, 6) is -0.215. The third-order valence-electron chi connectivity index (χ3n) is 2.10. The van der Waals surface area contributed by atoms with Crippen molar-refractivity contribution in [2.24, 2.45) is 0 Å². The number of rotatable bonds is 4. The number of nitrogens with zero attached hydrogens (tertiary/aromatic N) is 2. The number of anilines is 1. The maximum absolute atomic E-state index is 11.9. The molecule has 0 aliphatic heterocycles. The fourth-order valence-electron chi connectivity index (χ4n) is 1.26. The van der Waals surface area contributed by atoms with E-state index in [1.54, 1.807) is 24.3 Å². The summed E-state index contributed by atoms with van der Waals surface area (Å²) >= 11 is 10.5. The van der Waals surface area contributed by atoms with Crippen molar-refractivity contribution >= 4 is 49.9 Å². The summed E-state index contributed by atoms with van der Waals surface area (Å²) in [6.45, 7) is 0. The van der Waals surface area contributed by atoms with Gasteiger partial charge >= 0.3 is 0 Å². The van der Waals surface area contributed by atoms with Gasteiger partial charge in [0.15, 0.2) is 0 Å². The number of hydrogen-bond donors (Lipinski definition) is 1. The molecule has 0 bridgehead atoms. The van der Waals surface area contributed by atoms with Crippen LogP contribution in [0.25, 0.3) is 0 Å². The molecule has 7 heteroatoms. The van der Waals surface area contributed by atoms with Crippen LogP contribution in [0.5, 0.6) is 0 Å². The standard InChI is InChI=1S/C11H9BrClN3OS/c12-6-5-9-15-16-11(18-9)14-10(17)7-1-3-8(13)4-2-7/h1-4H,5-6H2,(H,14,16,17). The molecule has 0 radical (unpaired) electrons. The molecule has 1 N–H and O–H groups in total. The number of halogens is 2. The third-order valence-corrected chi connectivity index (χ3v) is 3.65. The number of alkyl halides is 1. The maximum Gasteiger partial charge on any atom is 0.257 e. The summed E-state index contributed by atoms with van der Waals surface area (Å²) in [5.41, 5.74) is 0.539. The number of nitrogens with one attached hydrogen (secondary N) is 1. The largest absolute Gasteiger partial charge is 0.296 e. The molecule has 2 rings (SSSR count). The predicted molar refractivity (Wildman–Crippen MR) is 76.8 cm³/mol. The van der Waals surface area contributed by atoms with Gasteiger partial charge < -0.3 is 0 Å². The lowest BCUT2D eigenvalue weighted by Gasteiger charge is -2.00. The fourth-order valence-corrected chi connectivity index (χ4v) is 2.75. The van der Waals surface area contributed by atoms with Gasteiger partial charge in [-0.2, -0.15) is 0 Å². The van der Waals surface area contributed by atoms with Gasteiger partial charge in [-0.1, -0.05) is 38.9 Å². The van der Waals surface area contributed by atoms with Gasteiger partial charge in [0.1, 0.15) is 5.01 Å². The molecule has 0 atom stereocenters. The van der Waals surface area contributed by atoms with E-state index in [-0.39, 0.29) is 5.91 Å². The molecule has 0 aliphatic carbocycles. The highest BCUT2D eigenvalue weighted by molar-refractivity contribution is 9.09. The molecule has 1 heterocycles. The highest BCUT2D eigenvalue weighted by Gasteiger charge is 2.09. The molecule has 1 amide bonds. The van der Waals surface area contributed by atoms with Crippen LogP contribution in [-0.2, 0) is 6.42 Å². The molecule has 1 aromatic heterocycles. The Hall–Kier alpha value is -0.980. The molecular weight excluding hydrogens is 338 g/mol. The van der Waals surface area contributed by atoms with Crippen LogP contribution in [0.4, 0.5) is 5.13 Å². The van der Waals surface area contributed by atoms with Crippen LogP contribution in [0.1, 0.15) is 15.4 Å².